The molecule has 0 saturated carbocycles. The van der Waals surface area contributed by atoms with Gasteiger partial charge in [-0.3, -0.25) is 0 Å². The smallest absolute Gasteiger partial charge is 0.340 e. The quantitative estimate of drug-likeness (QED) is 0.503. The van der Waals surface area contributed by atoms with Crippen molar-refractivity contribution in [1.29, 1.82) is 0 Å². The summed E-state index contributed by atoms with van der Waals surface area (Å²) in [6.07, 6.45) is 1.73. The van der Waals surface area contributed by atoms with Gasteiger partial charge in [0.2, 0.25) is 0 Å². The number of urea groups is 1. The summed E-state index contributed by atoms with van der Waals surface area (Å²) in [6.45, 7) is 2.64. The molecule has 0 aromatic heterocycles. The standard InChI is InChI=1S/C21H26N2O5/c1-4-5-10-28-20(24)18-8-6-7-9-19(18)23-21(25)22-14-15-11-16(26-2)13-17(12-15)27-3/h6-9,11-13H,4-5,10,14H2,1-3H3,(H2,22,23,25). The van der Waals surface area contributed by atoms with E-state index in [1.54, 1.807) is 44.6 Å². The van der Waals surface area contributed by atoms with Gasteiger partial charge in [0.05, 0.1) is 32.1 Å². The second-order valence-electron chi connectivity index (χ2n) is 6.06. The van der Waals surface area contributed by atoms with Gasteiger partial charge in [-0.25, -0.2) is 9.59 Å². The van der Waals surface area contributed by atoms with Gasteiger partial charge in [0, 0.05) is 12.6 Å². The van der Waals surface area contributed by atoms with Gasteiger partial charge in [-0.2, -0.15) is 0 Å². The van der Waals surface area contributed by atoms with Gasteiger partial charge in [-0.15, -0.1) is 0 Å². The number of unbranched alkanes of at least 4 members (excludes halogenated alkanes) is 1. The summed E-state index contributed by atoms with van der Waals surface area (Å²) < 4.78 is 15.7. The number of nitrogens with one attached hydrogen (secondary N) is 2. The van der Waals surface area contributed by atoms with Crippen LogP contribution in [0.1, 0.15) is 35.7 Å². The number of benzene rings is 2. The zero-order valence-corrected chi connectivity index (χ0v) is 16.4. The van der Waals surface area contributed by atoms with Gasteiger partial charge in [-0.1, -0.05) is 25.5 Å². The molecule has 28 heavy (non-hydrogen) atoms. The minimum Gasteiger partial charge on any atom is -0.497 e. The first-order valence-corrected chi connectivity index (χ1v) is 9.10. The number of anilines is 1. The van der Waals surface area contributed by atoms with Crippen LogP contribution in [0, 0.1) is 0 Å². The molecular weight excluding hydrogens is 360 g/mol. The second kappa shape index (κ2) is 10.8. The van der Waals surface area contributed by atoms with Crippen molar-refractivity contribution in [1.82, 2.24) is 5.32 Å². The molecule has 0 heterocycles. The summed E-state index contributed by atoms with van der Waals surface area (Å²) >= 11 is 0. The number of hydrogen-bond acceptors (Lipinski definition) is 5. The predicted octanol–water partition coefficient (Wildman–Crippen LogP) is 3.98. The Balaban J connectivity index is 1.99. The van der Waals surface area contributed by atoms with Crippen molar-refractivity contribution in [2.75, 3.05) is 26.1 Å². The first-order valence-electron chi connectivity index (χ1n) is 9.10. The molecule has 0 spiro atoms. The maximum absolute atomic E-state index is 12.3. The lowest BCUT2D eigenvalue weighted by Gasteiger charge is -2.12. The third-order valence-corrected chi connectivity index (χ3v) is 3.99. The van der Waals surface area contributed by atoms with Gasteiger partial charge in [-0.05, 0) is 36.2 Å². The van der Waals surface area contributed by atoms with Crippen molar-refractivity contribution in [3.63, 3.8) is 0 Å². The van der Waals surface area contributed by atoms with Crippen molar-refractivity contribution < 1.29 is 23.8 Å². The van der Waals surface area contributed by atoms with E-state index in [0.29, 0.717) is 29.4 Å². The number of esters is 1. The second-order valence-corrected chi connectivity index (χ2v) is 6.06. The van der Waals surface area contributed by atoms with Crippen LogP contribution in [-0.2, 0) is 11.3 Å². The SMILES string of the molecule is CCCCOC(=O)c1ccccc1NC(=O)NCc1cc(OC)cc(OC)c1. The molecule has 0 unspecified atom stereocenters. The number of carbonyl (C=O) groups excluding carboxylic acids is 2. The maximum atomic E-state index is 12.3. The Labute approximate surface area is 165 Å². The van der Waals surface area contributed by atoms with E-state index in [2.05, 4.69) is 10.6 Å². The summed E-state index contributed by atoms with van der Waals surface area (Å²) in [5, 5.41) is 5.45. The molecule has 0 saturated heterocycles. The van der Waals surface area contributed by atoms with Crippen molar-refractivity contribution in [2.45, 2.75) is 26.3 Å². The Morgan fingerprint density at radius 3 is 2.32 bits per heavy atom. The van der Waals surface area contributed by atoms with E-state index in [4.69, 9.17) is 14.2 Å². The lowest BCUT2D eigenvalue weighted by molar-refractivity contribution is 0.0501. The lowest BCUT2D eigenvalue weighted by Crippen LogP contribution is -2.29. The number of amides is 2. The molecule has 0 aliphatic heterocycles. The van der Waals surface area contributed by atoms with Crippen LogP contribution in [0.15, 0.2) is 42.5 Å². The van der Waals surface area contributed by atoms with Crippen LogP contribution in [-0.4, -0.2) is 32.8 Å². The average molecular weight is 386 g/mol. The van der Waals surface area contributed by atoms with Crippen molar-refractivity contribution in [3.8, 4) is 11.5 Å². The monoisotopic (exact) mass is 386 g/mol. The highest BCUT2D eigenvalue weighted by molar-refractivity contribution is 6.00. The van der Waals surface area contributed by atoms with Gasteiger partial charge >= 0.3 is 12.0 Å². The van der Waals surface area contributed by atoms with E-state index in [1.165, 1.54) is 0 Å². The largest absolute Gasteiger partial charge is 0.497 e. The number of hydrogen-bond donors (Lipinski definition) is 2. The van der Waals surface area contributed by atoms with Crippen LogP contribution < -0.4 is 20.1 Å². The highest BCUT2D eigenvalue weighted by Gasteiger charge is 2.14. The van der Waals surface area contributed by atoms with E-state index in [1.807, 2.05) is 19.1 Å². The number of ether oxygens (including phenoxy) is 3. The molecule has 2 N–H and O–H groups in total. The molecule has 7 nitrogen and oxygen atoms in total. The molecule has 0 aliphatic rings. The molecular formula is C21H26N2O5. The molecule has 0 bridgehead atoms. The molecule has 2 amide bonds. The summed E-state index contributed by atoms with van der Waals surface area (Å²) in [5.74, 6) is 0.815. The number of methoxy groups -OCH3 is 2. The summed E-state index contributed by atoms with van der Waals surface area (Å²) in [6, 6.07) is 11.7. The minimum absolute atomic E-state index is 0.266. The minimum atomic E-state index is -0.457. The van der Waals surface area contributed by atoms with E-state index >= 15 is 0 Å². The molecule has 2 aromatic rings. The Kier molecular flexibility index (Phi) is 8.14. The van der Waals surface area contributed by atoms with Crippen LogP contribution in [0.2, 0.25) is 0 Å². The molecule has 2 rings (SSSR count). The normalized spacial score (nSPS) is 10.1. The zero-order chi connectivity index (χ0) is 20.4. The fourth-order valence-corrected chi connectivity index (χ4v) is 2.47. The van der Waals surface area contributed by atoms with Gasteiger partial charge in [0.25, 0.3) is 0 Å². The fraction of sp³-hybridized carbons (Fsp3) is 0.333. The Hall–Kier alpha value is -3.22. The fourth-order valence-electron chi connectivity index (χ4n) is 2.47. The van der Waals surface area contributed by atoms with E-state index in [0.717, 1.165) is 18.4 Å². The molecule has 7 heteroatoms. The van der Waals surface area contributed by atoms with E-state index in [-0.39, 0.29) is 6.54 Å². The molecule has 0 atom stereocenters. The van der Waals surface area contributed by atoms with Crippen LogP contribution in [0.3, 0.4) is 0 Å². The summed E-state index contributed by atoms with van der Waals surface area (Å²) in [4.78, 5) is 24.5. The topological polar surface area (TPSA) is 85.9 Å². The van der Waals surface area contributed by atoms with Crippen molar-refractivity contribution in [3.05, 3.63) is 53.6 Å². The predicted molar refractivity (Wildman–Crippen MR) is 107 cm³/mol. The average Bonchev–Trinajstić information content (AvgIpc) is 2.72. The molecule has 2 aromatic carbocycles. The van der Waals surface area contributed by atoms with Crippen LogP contribution in [0.5, 0.6) is 11.5 Å². The highest BCUT2D eigenvalue weighted by atomic mass is 16.5. The number of carbonyl (C=O) groups is 2. The van der Waals surface area contributed by atoms with Gasteiger partial charge in [0.15, 0.2) is 0 Å². The van der Waals surface area contributed by atoms with Crippen molar-refractivity contribution >= 4 is 17.7 Å². The number of para-hydroxylation sites is 1. The summed E-state index contributed by atoms with van der Waals surface area (Å²) in [5.41, 5.74) is 1.53. The van der Waals surface area contributed by atoms with Crippen LogP contribution in [0.25, 0.3) is 0 Å². The van der Waals surface area contributed by atoms with Crippen molar-refractivity contribution in [2.24, 2.45) is 0 Å². The van der Waals surface area contributed by atoms with Crippen LogP contribution in [0.4, 0.5) is 10.5 Å². The Morgan fingerprint density at radius 1 is 1.00 bits per heavy atom. The number of rotatable bonds is 9. The third-order valence-electron chi connectivity index (χ3n) is 3.99. The highest BCUT2D eigenvalue weighted by Crippen LogP contribution is 2.22. The third kappa shape index (κ3) is 6.19. The van der Waals surface area contributed by atoms with Gasteiger partial charge in [0.1, 0.15) is 11.5 Å². The van der Waals surface area contributed by atoms with Crippen LogP contribution >= 0.6 is 0 Å². The molecule has 0 fully saturated rings. The molecule has 150 valence electrons. The van der Waals surface area contributed by atoms with E-state index < -0.39 is 12.0 Å². The lowest BCUT2D eigenvalue weighted by atomic mass is 10.2. The Morgan fingerprint density at radius 2 is 1.68 bits per heavy atom. The first-order chi connectivity index (χ1) is 13.6. The maximum Gasteiger partial charge on any atom is 0.340 e. The zero-order valence-electron chi connectivity index (χ0n) is 16.4. The Bertz CT molecular complexity index is 785. The molecule has 0 radical (unpaired) electrons. The molecule has 0 aliphatic carbocycles. The summed E-state index contributed by atoms with van der Waals surface area (Å²) in [7, 11) is 3.13. The first kappa shape index (κ1) is 21.1. The van der Waals surface area contributed by atoms with E-state index in [9.17, 15) is 9.59 Å². The van der Waals surface area contributed by atoms with Gasteiger partial charge < -0.3 is 24.8 Å².